The van der Waals surface area contributed by atoms with Crippen molar-refractivity contribution in [2.75, 3.05) is 0 Å². The van der Waals surface area contributed by atoms with Crippen LogP contribution in [0.1, 0.15) is 36.9 Å². The zero-order valence-corrected chi connectivity index (χ0v) is 11.5. The van der Waals surface area contributed by atoms with E-state index in [9.17, 15) is 0 Å². The standard InChI is InChI=1S/C14H17N3S/c1-14(2)7-10(15)12-11(8-14)17-13(18-12)9-3-5-16-6-4-9/h3-6,10H,7-8,15H2,1-2H3. The molecule has 0 aliphatic heterocycles. The minimum absolute atomic E-state index is 0.136. The monoisotopic (exact) mass is 259 g/mol. The Balaban J connectivity index is 2.03. The average Bonchev–Trinajstić information content (AvgIpc) is 2.72. The molecule has 0 radical (unpaired) electrons. The lowest BCUT2D eigenvalue weighted by molar-refractivity contribution is 0.282. The molecule has 2 heterocycles. The summed E-state index contributed by atoms with van der Waals surface area (Å²) in [5.41, 5.74) is 8.86. The van der Waals surface area contributed by atoms with Gasteiger partial charge in [-0.15, -0.1) is 11.3 Å². The Kier molecular flexibility index (Phi) is 2.72. The first-order chi connectivity index (χ1) is 8.55. The zero-order valence-electron chi connectivity index (χ0n) is 10.7. The van der Waals surface area contributed by atoms with Gasteiger partial charge in [0, 0.05) is 28.9 Å². The van der Waals surface area contributed by atoms with Gasteiger partial charge in [0.25, 0.3) is 0 Å². The van der Waals surface area contributed by atoms with Gasteiger partial charge in [-0.3, -0.25) is 4.98 Å². The van der Waals surface area contributed by atoms with Gasteiger partial charge in [-0.25, -0.2) is 4.98 Å². The Morgan fingerprint density at radius 1 is 1.33 bits per heavy atom. The number of nitrogens with zero attached hydrogens (tertiary/aromatic N) is 2. The molecule has 2 N–H and O–H groups in total. The molecule has 0 saturated carbocycles. The van der Waals surface area contributed by atoms with E-state index >= 15 is 0 Å². The van der Waals surface area contributed by atoms with E-state index in [1.54, 1.807) is 23.7 Å². The Bertz CT molecular complexity index is 560. The summed E-state index contributed by atoms with van der Waals surface area (Å²) in [6, 6.07) is 4.14. The van der Waals surface area contributed by atoms with Gasteiger partial charge in [-0.05, 0) is 30.4 Å². The minimum atomic E-state index is 0.136. The minimum Gasteiger partial charge on any atom is -0.323 e. The van der Waals surface area contributed by atoms with E-state index in [2.05, 4.69) is 18.8 Å². The first-order valence-electron chi connectivity index (χ1n) is 6.21. The molecule has 1 aliphatic rings. The quantitative estimate of drug-likeness (QED) is 0.855. The van der Waals surface area contributed by atoms with E-state index in [1.165, 1.54) is 10.6 Å². The van der Waals surface area contributed by atoms with E-state index < -0.39 is 0 Å². The van der Waals surface area contributed by atoms with E-state index in [1.807, 2.05) is 12.1 Å². The van der Waals surface area contributed by atoms with Crippen molar-refractivity contribution in [1.29, 1.82) is 0 Å². The highest BCUT2D eigenvalue weighted by Crippen LogP contribution is 2.43. The van der Waals surface area contributed by atoms with Crippen molar-refractivity contribution in [1.82, 2.24) is 9.97 Å². The van der Waals surface area contributed by atoms with Crippen LogP contribution < -0.4 is 5.73 Å². The first-order valence-corrected chi connectivity index (χ1v) is 7.02. The van der Waals surface area contributed by atoms with Crippen LogP contribution in [-0.4, -0.2) is 9.97 Å². The summed E-state index contributed by atoms with van der Waals surface area (Å²) in [6.07, 6.45) is 5.68. The lowest BCUT2D eigenvalue weighted by Crippen LogP contribution is -2.28. The third kappa shape index (κ3) is 2.06. The van der Waals surface area contributed by atoms with Crippen LogP contribution in [0.25, 0.3) is 10.6 Å². The molecule has 0 bridgehead atoms. The van der Waals surface area contributed by atoms with Crippen molar-refractivity contribution in [3.8, 4) is 10.6 Å². The molecule has 18 heavy (non-hydrogen) atoms. The number of rotatable bonds is 1. The van der Waals surface area contributed by atoms with Gasteiger partial charge in [0.2, 0.25) is 0 Å². The van der Waals surface area contributed by atoms with Crippen molar-refractivity contribution in [3.05, 3.63) is 35.1 Å². The molecule has 0 saturated heterocycles. The maximum Gasteiger partial charge on any atom is 0.124 e. The van der Waals surface area contributed by atoms with Crippen LogP contribution in [0.5, 0.6) is 0 Å². The second kappa shape index (κ2) is 4.14. The van der Waals surface area contributed by atoms with Crippen molar-refractivity contribution in [3.63, 3.8) is 0 Å². The van der Waals surface area contributed by atoms with Crippen LogP contribution >= 0.6 is 11.3 Å². The first kappa shape index (κ1) is 11.8. The smallest absolute Gasteiger partial charge is 0.124 e. The molecular formula is C14H17N3S. The number of nitrogens with two attached hydrogens (primary N) is 1. The summed E-state index contributed by atoms with van der Waals surface area (Å²) in [6.45, 7) is 4.53. The molecule has 1 unspecified atom stereocenters. The van der Waals surface area contributed by atoms with Crippen LogP contribution in [0.2, 0.25) is 0 Å². The van der Waals surface area contributed by atoms with Gasteiger partial charge in [0.15, 0.2) is 0 Å². The Hall–Kier alpha value is -1.26. The summed E-state index contributed by atoms with van der Waals surface area (Å²) in [4.78, 5) is 10.1. The van der Waals surface area contributed by atoms with Gasteiger partial charge >= 0.3 is 0 Å². The fourth-order valence-electron chi connectivity index (χ4n) is 2.61. The molecule has 4 heteroatoms. The number of hydrogen-bond donors (Lipinski definition) is 1. The highest BCUT2D eigenvalue weighted by Gasteiger charge is 2.33. The third-order valence-corrected chi connectivity index (χ3v) is 4.69. The molecule has 0 amide bonds. The number of hydrogen-bond acceptors (Lipinski definition) is 4. The summed E-state index contributed by atoms with van der Waals surface area (Å²) >= 11 is 1.73. The SMILES string of the molecule is CC1(C)Cc2nc(-c3ccncc3)sc2C(N)C1. The molecule has 2 aromatic rings. The van der Waals surface area contributed by atoms with Crippen molar-refractivity contribution in [2.24, 2.45) is 11.1 Å². The summed E-state index contributed by atoms with van der Waals surface area (Å²) < 4.78 is 0. The molecule has 3 nitrogen and oxygen atoms in total. The van der Waals surface area contributed by atoms with Crippen molar-refractivity contribution >= 4 is 11.3 Å². The maximum atomic E-state index is 6.27. The van der Waals surface area contributed by atoms with Crippen molar-refractivity contribution < 1.29 is 0 Å². The van der Waals surface area contributed by atoms with Crippen LogP contribution in [0.15, 0.2) is 24.5 Å². The molecule has 0 fully saturated rings. The lowest BCUT2D eigenvalue weighted by atomic mass is 9.77. The van der Waals surface area contributed by atoms with Gasteiger partial charge in [0.1, 0.15) is 5.01 Å². The summed E-state index contributed by atoms with van der Waals surface area (Å²) in [5.74, 6) is 0. The van der Waals surface area contributed by atoms with Crippen LogP contribution in [0.4, 0.5) is 0 Å². The van der Waals surface area contributed by atoms with Crippen LogP contribution in [-0.2, 0) is 6.42 Å². The number of thiazole rings is 1. The van der Waals surface area contributed by atoms with Gasteiger partial charge in [-0.1, -0.05) is 13.8 Å². The molecule has 1 atom stereocenters. The Morgan fingerprint density at radius 3 is 2.78 bits per heavy atom. The fourth-order valence-corrected chi connectivity index (χ4v) is 3.70. The summed E-state index contributed by atoms with van der Waals surface area (Å²) in [5, 5.41) is 1.07. The van der Waals surface area contributed by atoms with Crippen LogP contribution in [0.3, 0.4) is 0 Å². The molecule has 94 valence electrons. The third-order valence-electron chi connectivity index (χ3n) is 3.41. The van der Waals surface area contributed by atoms with Gasteiger partial charge in [0.05, 0.1) is 5.69 Å². The average molecular weight is 259 g/mol. The predicted octanol–water partition coefficient (Wildman–Crippen LogP) is 3.18. The largest absolute Gasteiger partial charge is 0.323 e. The normalized spacial score (nSPS) is 21.6. The molecule has 1 aliphatic carbocycles. The zero-order chi connectivity index (χ0) is 12.8. The van der Waals surface area contributed by atoms with Crippen LogP contribution in [0, 0.1) is 5.41 Å². The highest BCUT2D eigenvalue weighted by atomic mass is 32.1. The molecule has 3 rings (SSSR count). The second-order valence-corrected chi connectivity index (χ2v) is 6.75. The number of fused-ring (bicyclic) bond motifs is 1. The lowest BCUT2D eigenvalue weighted by Gasteiger charge is -2.32. The topological polar surface area (TPSA) is 51.8 Å². The molecule has 0 spiro atoms. The number of pyridine rings is 1. The molecule has 2 aromatic heterocycles. The van der Waals surface area contributed by atoms with Gasteiger partial charge in [-0.2, -0.15) is 0 Å². The Morgan fingerprint density at radius 2 is 2.06 bits per heavy atom. The second-order valence-electron chi connectivity index (χ2n) is 5.72. The van der Waals surface area contributed by atoms with Crippen molar-refractivity contribution in [2.45, 2.75) is 32.7 Å². The van der Waals surface area contributed by atoms with E-state index in [0.29, 0.717) is 0 Å². The molecular weight excluding hydrogens is 242 g/mol. The van der Waals surface area contributed by atoms with E-state index in [-0.39, 0.29) is 11.5 Å². The predicted molar refractivity (Wildman–Crippen MR) is 74.4 cm³/mol. The van der Waals surface area contributed by atoms with E-state index in [4.69, 9.17) is 10.7 Å². The van der Waals surface area contributed by atoms with E-state index in [0.717, 1.165) is 23.4 Å². The Labute approximate surface area is 111 Å². The van der Waals surface area contributed by atoms with Gasteiger partial charge < -0.3 is 5.73 Å². The highest BCUT2D eigenvalue weighted by molar-refractivity contribution is 7.15. The molecule has 0 aromatic carbocycles. The maximum absolute atomic E-state index is 6.27. The summed E-state index contributed by atoms with van der Waals surface area (Å²) in [7, 11) is 0. The number of aromatic nitrogens is 2. The fraction of sp³-hybridized carbons (Fsp3) is 0.429.